The van der Waals surface area contributed by atoms with Gasteiger partial charge in [-0.05, 0) is 32.8 Å². The quantitative estimate of drug-likeness (QED) is 0.866. The summed E-state index contributed by atoms with van der Waals surface area (Å²) in [4.78, 5) is 17.4. The highest BCUT2D eigenvalue weighted by Gasteiger charge is 2.47. The number of carbonyl (C=O) groups excluding carboxylic acids is 1. The Balaban J connectivity index is 1.82. The van der Waals surface area contributed by atoms with Crippen molar-refractivity contribution in [1.82, 2.24) is 9.88 Å². The predicted molar refractivity (Wildman–Crippen MR) is 79.7 cm³/mol. The lowest BCUT2D eigenvalue weighted by Crippen LogP contribution is -2.63. The Kier molecular flexibility index (Phi) is 3.76. The molecule has 0 bridgehead atoms. The molecule has 1 aromatic rings. The number of ether oxygens (including phenoxy) is 2. The van der Waals surface area contributed by atoms with E-state index in [1.807, 2.05) is 18.7 Å². The maximum atomic E-state index is 12.7. The fourth-order valence-corrected chi connectivity index (χ4v) is 3.51. The van der Waals surface area contributed by atoms with E-state index in [0.717, 1.165) is 19.4 Å². The number of halogens is 1. The van der Waals surface area contributed by atoms with Gasteiger partial charge in [0.05, 0.1) is 23.8 Å². The number of nitrogens with one attached hydrogen (secondary N) is 1. The minimum Gasteiger partial charge on any atom is -0.378 e. The predicted octanol–water partition coefficient (Wildman–Crippen LogP) is 2.47. The first kappa shape index (κ1) is 14.9. The normalized spacial score (nSPS) is 28.8. The molecule has 1 N–H and O–H groups in total. The highest BCUT2D eigenvalue weighted by atomic mass is 35.5. The Morgan fingerprint density at radius 2 is 2.24 bits per heavy atom. The summed E-state index contributed by atoms with van der Waals surface area (Å²) in [6.07, 6.45) is 3.51. The van der Waals surface area contributed by atoms with Crippen LogP contribution in [0.1, 0.15) is 37.2 Å². The SMILES string of the molecule is CC1(C)CN(C(=O)c2cc(Cl)c[nH]2)CC2(CCCOC2)O1. The lowest BCUT2D eigenvalue weighted by molar-refractivity contribution is -0.225. The molecule has 0 aliphatic carbocycles. The zero-order valence-corrected chi connectivity index (χ0v) is 13.2. The summed E-state index contributed by atoms with van der Waals surface area (Å²) in [6, 6.07) is 1.66. The van der Waals surface area contributed by atoms with Gasteiger partial charge in [-0.2, -0.15) is 0 Å². The van der Waals surface area contributed by atoms with Gasteiger partial charge in [0.1, 0.15) is 11.3 Å². The summed E-state index contributed by atoms with van der Waals surface area (Å²) in [5, 5.41) is 0.543. The van der Waals surface area contributed by atoms with Gasteiger partial charge < -0.3 is 19.4 Å². The van der Waals surface area contributed by atoms with Gasteiger partial charge in [0.25, 0.3) is 5.91 Å². The zero-order chi connectivity index (χ0) is 15.1. The van der Waals surface area contributed by atoms with Crippen molar-refractivity contribution in [3.05, 3.63) is 23.0 Å². The van der Waals surface area contributed by atoms with Crippen LogP contribution in [-0.4, -0.2) is 53.3 Å². The minimum atomic E-state index is -0.384. The van der Waals surface area contributed by atoms with E-state index in [1.54, 1.807) is 12.3 Å². The second kappa shape index (κ2) is 5.30. The molecule has 3 heterocycles. The van der Waals surface area contributed by atoms with Gasteiger partial charge in [0, 0.05) is 19.3 Å². The monoisotopic (exact) mass is 312 g/mol. The van der Waals surface area contributed by atoms with E-state index >= 15 is 0 Å². The van der Waals surface area contributed by atoms with E-state index in [4.69, 9.17) is 21.1 Å². The fourth-order valence-electron chi connectivity index (χ4n) is 3.35. The molecule has 21 heavy (non-hydrogen) atoms. The third-order valence-electron chi connectivity index (χ3n) is 4.00. The van der Waals surface area contributed by atoms with Crippen LogP contribution in [0.25, 0.3) is 0 Å². The average Bonchev–Trinajstić information content (AvgIpc) is 2.83. The summed E-state index contributed by atoms with van der Waals surface area (Å²) in [5.74, 6) is -0.0387. The van der Waals surface area contributed by atoms with Crippen LogP contribution in [0.3, 0.4) is 0 Å². The van der Waals surface area contributed by atoms with Crippen LogP contribution in [0, 0.1) is 0 Å². The highest BCUT2D eigenvalue weighted by molar-refractivity contribution is 6.30. The van der Waals surface area contributed by atoms with Crippen molar-refractivity contribution in [2.45, 2.75) is 37.9 Å². The highest BCUT2D eigenvalue weighted by Crippen LogP contribution is 2.35. The van der Waals surface area contributed by atoms with Crippen LogP contribution < -0.4 is 0 Å². The second-order valence-electron chi connectivity index (χ2n) is 6.59. The Morgan fingerprint density at radius 1 is 1.43 bits per heavy atom. The van der Waals surface area contributed by atoms with E-state index in [9.17, 15) is 4.79 Å². The summed E-state index contributed by atoms with van der Waals surface area (Å²) < 4.78 is 11.9. The van der Waals surface area contributed by atoms with Crippen molar-refractivity contribution >= 4 is 17.5 Å². The van der Waals surface area contributed by atoms with Gasteiger partial charge in [-0.15, -0.1) is 0 Å². The van der Waals surface area contributed by atoms with Crippen molar-refractivity contribution in [2.24, 2.45) is 0 Å². The van der Waals surface area contributed by atoms with Gasteiger partial charge in [-0.25, -0.2) is 0 Å². The number of aromatic nitrogens is 1. The molecule has 116 valence electrons. The molecule has 0 saturated carbocycles. The van der Waals surface area contributed by atoms with Crippen molar-refractivity contribution in [3.63, 3.8) is 0 Å². The van der Waals surface area contributed by atoms with Gasteiger partial charge in [-0.3, -0.25) is 4.79 Å². The Morgan fingerprint density at radius 3 is 2.86 bits per heavy atom. The number of rotatable bonds is 1. The lowest BCUT2D eigenvalue weighted by Gasteiger charge is -2.51. The van der Waals surface area contributed by atoms with Gasteiger partial charge >= 0.3 is 0 Å². The van der Waals surface area contributed by atoms with Crippen LogP contribution in [0.4, 0.5) is 0 Å². The smallest absolute Gasteiger partial charge is 0.270 e. The topological polar surface area (TPSA) is 54.6 Å². The van der Waals surface area contributed by atoms with E-state index in [1.165, 1.54) is 0 Å². The van der Waals surface area contributed by atoms with Crippen molar-refractivity contribution in [3.8, 4) is 0 Å². The van der Waals surface area contributed by atoms with Crippen LogP contribution in [0.5, 0.6) is 0 Å². The number of carbonyl (C=O) groups is 1. The molecule has 1 amide bonds. The summed E-state index contributed by atoms with van der Waals surface area (Å²) in [6.45, 7) is 6.47. The maximum Gasteiger partial charge on any atom is 0.270 e. The third kappa shape index (κ3) is 3.10. The molecular formula is C15H21ClN2O3. The number of hydrogen-bond acceptors (Lipinski definition) is 3. The van der Waals surface area contributed by atoms with Gasteiger partial charge in [-0.1, -0.05) is 11.6 Å². The second-order valence-corrected chi connectivity index (χ2v) is 7.03. The largest absolute Gasteiger partial charge is 0.378 e. The van der Waals surface area contributed by atoms with E-state index in [-0.39, 0.29) is 17.1 Å². The van der Waals surface area contributed by atoms with E-state index in [0.29, 0.717) is 30.4 Å². The zero-order valence-electron chi connectivity index (χ0n) is 12.4. The van der Waals surface area contributed by atoms with E-state index < -0.39 is 0 Å². The molecule has 1 atom stereocenters. The molecule has 2 fully saturated rings. The molecule has 2 saturated heterocycles. The Bertz CT molecular complexity index is 535. The molecule has 1 spiro atoms. The number of aromatic amines is 1. The van der Waals surface area contributed by atoms with Crippen molar-refractivity contribution < 1.29 is 14.3 Å². The molecule has 1 aromatic heterocycles. The number of amides is 1. The first-order valence-corrected chi connectivity index (χ1v) is 7.68. The molecule has 0 aromatic carbocycles. The van der Waals surface area contributed by atoms with E-state index in [2.05, 4.69) is 4.98 Å². The fraction of sp³-hybridized carbons (Fsp3) is 0.667. The van der Waals surface area contributed by atoms with Crippen molar-refractivity contribution in [1.29, 1.82) is 0 Å². The van der Waals surface area contributed by atoms with Crippen LogP contribution >= 0.6 is 11.6 Å². The maximum absolute atomic E-state index is 12.7. The number of morpholine rings is 1. The molecule has 2 aliphatic rings. The Labute approximate surface area is 129 Å². The molecule has 3 rings (SSSR count). The van der Waals surface area contributed by atoms with Crippen LogP contribution in [0.2, 0.25) is 5.02 Å². The number of H-pyrrole nitrogens is 1. The number of hydrogen-bond donors (Lipinski definition) is 1. The number of nitrogens with zero attached hydrogens (tertiary/aromatic N) is 1. The molecule has 2 aliphatic heterocycles. The standard InChI is InChI=1S/C15H21ClN2O3/c1-14(2)8-18(13(19)12-6-11(16)7-17-12)9-15(21-14)4-3-5-20-10-15/h6-7,17H,3-5,8-10H2,1-2H3. The summed E-state index contributed by atoms with van der Waals surface area (Å²) in [5.41, 5.74) is -0.249. The van der Waals surface area contributed by atoms with Crippen LogP contribution in [-0.2, 0) is 9.47 Å². The first-order valence-electron chi connectivity index (χ1n) is 7.30. The lowest BCUT2D eigenvalue weighted by atomic mass is 9.90. The van der Waals surface area contributed by atoms with Crippen LogP contribution in [0.15, 0.2) is 12.3 Å². The Hall–Kier alpha value is -1.04. The molecule has 6 heteroatoms. The van der Waals surface area contributed by atoms with Crippen molar-refractivity contribution in [2.75, 3.05) is 26.3 Å². The van der Waals surface area contributed by atoms with Gasteiger partial charge in [0.2, 0.25) is 0 Å². The minimum absolute atomic E-state index is 0.0387. The summed E-state index contributed by atoms with van der Waals surface area (Å²) >= 11 is 5.89. The average molecular weight is 313 g/mol. The summed E-state index contributed by atoms with van der Waals surface area (Å²) in [7, 11) is 0. The molecule has 5 nitrogen and oxygen atoms in total. The molecule has 0 radical (unpaired) electrons. The van der Waals surface area contributed by atoms with Gasteiger partial charge in [0.15, 0.2) is 0 Å². The first-order chi connectivity index (χ1) is 9.89. The molecule has 1 unspecified atom stereocenters. The molecular weight excluding hydrogens is 292 g/mol. The third-order valence-corrected chi connectivity index (χ3v) is 4.21.